The minimum Gasteiger partial charge on any atom is -0.491 e. The number of nitrogens with zero attached hydrogens (tertiary/aromatic N) is 2. The Bertz CT molecular complexity index is 1030. The lowest BCUT2D eigenvalue weighted by atomic mass is 10.3. The summed E-state index contributed by atoms with van der Waals surface area (Å²) in [6, 6.07) is 19.5. The quantitative estimate of drug-likeness (QED) is 0.394. The molecule has 7 nitrogen and oxygen atoms in total. The monoisotopic (exact) mass is 375 g/mol. The van der Waals surface area contributed by atoms with Gasteiger partial charge in [0, 0.05) is 24.7 Å². The predicted molar refractivity (Wildman–Crippen MR) is 111 cm³/mol. The lowest BCUT2D eigenvalue weighted by molar-refractivity contribution is 0.146. The molecule has 0 saturated heterocycles. The number of fused-ring (bicyclic) bond motifs is 1. The van der Waals surface area contributed by atoms with Gasteiger partial charge in [0.05, 0.1) is 12.0 Å². The van der Waals surface area contributed by atoms with E-state index >= 15 is 0 Å². The van der Waals surface area contributed by atoms with E-state index in [9.17, 15) is 0 Å². The number of hydrogen-bond donors (Lipinski definition) is 3. The van der Waals surface area contributed by atoms with Crippen molar-refractivity contribution >= 4 is 34.2 Å². The molecule has 0 aliphatic carbocycles. The van der Waals surface area contributed by atoms with E-state index in [1.165, 1.54) is 0 Å². The molecule has 0 amide bonds. The van der Waals surface area contributed by atoms with Gasteiger partial charge in [0.2, 0.25) is 5.95 Å². The van der Waals surface area contributed by atoms with Gasteiger partial charge in [0.25, 0.3) is 0 Å². The highest BCUT2D eigenvalue weighted by Gasteiger charge is 2.09. The van der Waals surface area contributed by atoms with Gasteiger partial charge in [0.1, 0.15) is 23.8 Å². The van der Waals surface area contributed by atoms with Crippen molar-refractivity contribution in [3.05, 3.63) is 66.9 Å². The van der Waals surface area contributed by atoms with Crippen LogP contribution in [0.5, 0.6) is 5.75 Å². The van der Waals surface area contributed by atoms with Crippen molar-refractivity contribution in [3.8, 4) is 5.75 Å². The molecule has 0 aliphatic rings. The Hall–Kier alpha value is -3.58. The van der Waals surface area contributed by atoms with Crippen molar-refractivity contribution in [2.75, 3.05) is 31.0 Å². The maximum absolute atomic E-state index is 5.59. The van der Waals surface area contributed by atoms with Crippen LogP contribution in [0.2, 0.25) is 0 Å². The molecule has 0 unspecified atom stereocenters. The van der Waals surface area contributed by atoms with E-state index in [1.807, 2.05) is 66.9 Å². The third-order valence-electron chi connectivity index (χ3n) is 4.12. The number of rotatable bonds is 8. The molecule has 28 heavy (non-hydrogen) atoms. The molecule has 7 heteroatoms. The van der Waals surface area contributed by atoms with Gasteiger partial charge < -0.3 is 25.1 Å². The molecule has 2 heterocycles. The van der Waals surface area contributed by atoms with Crippen LogP contribution in [-0.2, 0) is 4.74 Å². The summed E-state index contributed by atoms with van der Waals surface area (Å²) in [5.74, 6) is 2.02. The molecule has 3 N–H and O–H groups in total. The largest absolute Gasteiger partial charge is 0.491 e. The molecule has 0 spiro atoms. The average molecular weight is 375 g/mol. The van der Waals surface area contributed by atoms with Gasteiger partial charge in [-0.1, -0.05) is 18.2 Å². The van der Waals surface area contributed by atoms with Crippen LogP contribution in [0.15, 0.2) is 66.9 Å². The lowest BCUT2D eigenvalue weighted by Gasteiger charge is -2.11. The fourth-order valence-corrected chi connectivity index (χ4v) is 2.76. The van der Waals surface area contributed by atoms with E-state index in [0.29, 0.717) is 19.2 Å². The van der Waals surface area contributed by atoms with Gasteiger partial charge in [-0.3, -0.25) is 0 Å². The summed E-state index contributed by atoms with van der Waals surface area (Å²) in [4.78, 5) is 12.3. The molecule has 4 rings (SSSR count). The normalized spacial score (nSPS) is 10.8. The number of aromatic amines is 1. The van der Waals surface area contributed by atoms with Crippen LogP contribution in [0.4, 0.5) is 23.1 Å². The number of anilines is 4. The Morgan fingerprint density at radius 3 is 2.43 bits per heavy atom. The van der Waals surface area contributed by atoms with E-state index in [2.05, 4.69) is 25.6 Å². The summed E-state index contributed by atoms with van der Waals surface area (Å²) in [5.41, 5.74) is 2.60. The molecule has 0 radical (unpaired) electrons. The van der Waals surface area contributed by atoms with Crippen LogP contribution in [0.3, 0.4) is 0 Å². The highest BCUT2D eigenvalue weighted by atomic mass is 16.5. The maximum Gasteiger partial charge on any atom is 0.231 e. The van der Waals surface area contributed by atoms with Crippen LogP contribution in [-0.4, -0.2) is 35.3 Å². The first kappa shape index (κ1) is 17.8. The number of benzene rings is 2. The van der Waals surface area contributed by atoms with Crippen molar-refractivity contribution in [1.29, 1.82) is 0 Å². The van der Waals surface area contributed by atoms with Gasteiger partial charge in [0.15, 0.2) is 0 Å². The molecule has 0 saturated carbocycles. The van der Waals surface area contributed by atoms with Crippen molar-refractivity contribution < 1.29 is 9.47 Å². The summed E-state index contributed by atoms with van der Waals surface area (Å²) >= 11 is 0. The number of para-hydroxylation sites is 1. The third kappa shape index (κ3) is 4.21. The average Bonchev–Trinajstić information content (AvgIpc) is 3.19. The third-order valence-corrected chi connectivity index (χ3v) is 4.12. The van der Waals surface area contributed by atoms with Crippen molar-refractivity contribution in [1.82, 2.24) is 15.0 Å². The van der Waals surface area contributed by atoms with Crippen LogP contribution in [0.1, 0.15) is 0 Å². The van der Waals surface area contributed by atoms with E-state index in [4.69, 9.17) is 9.47 Å². The first-order chi connectivity index (χ1) is 13.8. The molecule has 0 fully saturated rings. The summed E-state index contributed by atoms with van der Waals surface area (Å²) < 4.78 is 10.6. The number of H-pyrrole nitrogens is 1. The van der Waals surface area contributed by atoms with Crippen LogP contribution < -0.4 is 15.4 Å². The predicted octanol–water partition coefficient (Wildman–Crippen LogP) is 4.47. The van der Waals surface area contributed by atoms with Crippen molar-refractivity contribution in [3.63, 3.8) is 0 Å². The minimum atomic E-state index is 0.501. The van der Waals surface area contributed by atoms with E-state index in [1.54, 1.807) is 7.11 Å². The van der Waals surface area contributed by atoms with E-state index < -0.39 is 0 Å². The molecule has 142 valence electrons. The standard InChI is InChI=1S/C21H21N5O2/c1-27-13-14-28-17-9-7-16(8-10-17)24-21-25-19-18(11-12-22-19)20(26-21)23-15-5-3-2-4-6-15/h2-12H,13-14H2,1H3,(H3,22,23,24,25,26). The van der Waals surface area contributed by atoms with E-state index in [-0.39, 0.29) is 0 Å². The molecular weight excluding hydrogens is 354 g/mol. The van der Waals surface area contributed by atoms with Gasteiger partial charge in [-0.05, 0) is 42.5 Å². The first-order valence-electron chi connectivity index (χ1n) is 8.98. The second-order valence-electron chi connectivity index (χ2n) is 6.12. The number of aromatic nitrogens is 3. The fraction of sp³-hybridized carbons (Fsp3) is 0.143. The second kappa shape index (κ2) is 8.41. The Balaban J connectivity index is 1.54. The second-order valence-corrected chi connectivity index (χ2v) is 6.12. The smallest absolute Gasteiger partial charge is 0.231 e. The first-order valence-corrected chi connectivity index (χ1v) is 8.98. The number of hydrogen-bond acceptors (Lipinski definition) is 6. The van der Waals surface area contributed by atoms with Gasteiger partial charge in [-0.15, -0.1) is 0 Å². The highest BCUT2D eigenvalue weighted by Crippen LogP contribution is 2.26. The molecule has 0 atom stereocenters. The summed E-state index contributed by atoms with van der Waals surface area (Å²) in [6.07, 6.45) is 1.85. The molecule has 2 aromatic carbocycles. The van der Waals surface area contributed by atoms with Gasteiger partial charge in [-0.2, -0.15) is 9.97 Å². The Morgan fingerprint density at radius 1 is 0.857 bits per heavy atom. The van der Waals surface area contributed by atoms with Gasteiger partial charge in [-0.25, -0.2) is 0 Å². The van der Waals surface area contributed by atoms with Crippen molar-refractivity contribution in [2.45, 2.75) is 0 Å². The minimum absolute atomic E-state index is 0.501. The van der Waals surface area contributed by atoms with Gasteiger partial charge >= 0.3 is 0 Å². The topological polar surface area (TPSA) is 84.1 Å². The fourth-order valence-electron chi connectivity index (χ4n) is 2.76. The molecule has 2 aromatic heterocycles. The van der Waals surface area contributed by atoms with Crippen LogP contribution >= 0.6 is 0 Å². The summed E-state index contributed by atoms with van der Waals surface area (Å²) in [7, 11) is 1.65. The number of nitrogens with one attached hydrogen (secondary N) is 3. The molecular formula is C21H21N5O2. The molecule has 0 aliphatic heterocycles. The number of methoxy groups -OCH3 is 1. The SMILES string of the molecule is COCCOc1ccc(Nc2nc(Nc3ccccc3)c3cc[nH]c3n2)cc1. The molecule has 4 aromatic rings. The Labute approximate surface area is 162 Å². The maximum atomic E-state index is 5.59. The van der Waals surface area contributed by atoms with Crippen molar-refractivity contribution in [2.24, 2.45) is 0 Å². The number of ether oxygens (including phenoxy) is 2. The lowest BCUT2D eigenvalue weighted by Crippen LogP contribution is -2.04. The van der Waals surface area contributed by atoms with Crippen LogP contribution in [0.25, 0.3) is 11.0 Å². The summed E-state index contributed by atoms with van der Waals surface area (Å²) in [5, 5.41) is 7.53. The zero-order chi connectivity index (χ0) is 19.2. The zero-order valence-electron chi connectivity index (χ0n) is 15.5. The van der Waals surface area contributed by atoms with E-state index in [0.717, 1.165) is 34.0 Å². The Kier molecular flexibility index (Phi) is 5.35. The Morgan fingerprint density at radius 2 is 1.64 bits per heavy atom. The highest BCUT2D eigenvalue weighted by molar-refractivity contribution is 5.90. The van der Waals surface area contributed by atoms with Crippen LogP contribution in [0, 0.1) is 0 Å². The summed E-state index contributed by atoms with van der Waals surface area (Å²) in [6.45, 7) is 1.07. The molecule has 0 bridgehead atoms. The zero-order valence-corrected chi connectivity index (χ0v) is 15.5.